The van der Waals surface area contributed by atoms with Gasteiger partial charge in [-0.25, -0.2) is 9.48 Å². The van der Waals surface area contributed by atoms with Crippen LogP contribution in [0, 0.1) is 17.8 Å². The summed E-state index contributed by atoms with van der Waals surface area (Å²) in [5.74, 6) is 1.13. The molecule has 2 fully saturated rings. The van der Waals surface area contributed by atoms with E-state index in [4.69, 9.17) is 14.6 Å². The zero-order chi connectivity index (χ0) is 26.4. The molecular weight excluding hydrogens is 466 g/mol. The average molecular weight is 508 g/mol. The van der Waals surface area contributed by atoms with Crippen LogP contribution in [0.3, 0.4) is 0 Å². The van der Waals surface area contributed by atoms with Gasteiger partial charge in [-0.2, -0.15) is 0 Å². The van der Waals surface area contributed by atoms with Gasteiger partial charge < -0.3 is 9.47 Å². The van der Waals surface area contributed by atoms with Crippen molar-refractivity contribution in [3.8, 4) is 5.69 Å². The van der Waals surface area contributed by atoms with Crippen LogP contribution in [0.4, 0.5) is 5.82 Å². The number of allylic oxidation sites excluding steroid dienone is 1. The predicted octanol–water partition coefficient (Wildman–Crippen LogP) is 6.06. The minimum absolute atomic E-state index is 0.0411. The molecule has 0 unspecified atom stereocenters. The Kier molecular flexibility index (Phi) is 9.19. The van der Waals surface area contributed by atoms with Crippen LogP contribution in [-0.2, 0) is 14.3 Å². The summed E-state index contributed by atoms with van der Waals surface area (Å²) >= 11 is 0. The second-order valence-electron chi connectivity index (χ2n) is 10.7. The fourth-order valence-electron chi connectivity index (χ4n) is 5.23. The number of amides is 1. The molecule has 1 aromatic carbocycles. The van der Waals surface area contributed by atoms with Crippen molar-refractivity contribution >= 4 is 23.8 Å². The molecule has 7 nitrogen and oxygen atoms in total. The molecule has 0 spiro atoms. The average Bonchev–Trinajstić information content (AvgIpc) is 3.33. The second-order valence-corrected chi connectivity index (χ2v) is 10.7. The summed E-state index contributed by atoms with van der Waals surface area (Å²) < 4.78 is 12.5. The van der Waals surface area contributed by atoms with Crippen LogP contribution in [0.25, 0.3) is 11.8 Å². The molecule has 4 rings (SSSR count). The molecule has 1 amide bonds. The summed E-state index contributed by atoms with van der Waals surface area (Å²) in [5, 5.41) is 4.77. The quantitative estimate of drug-likeness (QED) is 0.406. The van der Waals surface area contributed by atoms with E-state index in [9.17, 15) is 9.59 Å². The fraction of sp³-hybridized carbons (Fsp3) is 0.567. The van der Waals surface area contributed by atoms with Crippen LogP contribution in [0.5, 0.6) is 0 Å². The topological polar surface area (TPSA) is 73.7 Å². The van der Waals surface area contributed by atoms with E-state index in [1.54, 1.807) is 22.7 Å². The van der Waals surface area contributed by atoms with Crippen LogP contribution in [0.1, 0.15) is 82.1 Å². The first-order valence-electron chi connectivity index (χ1n) is 13.8. The largest absolute Gasteiger partial charge is 0.462 e. The fourth-order valence-corrected chi connectivity index (χ4v) is 5.23. The lowest BCUT2D eigenvalue weighted by molar-refractivity contribution is -0.124. The van der Waals surface area contributed by atoms with Crippen molar-refractivity contribution in [2.24, 2.45) is 17.8 Å². The van der Waals surface area contributed by atoms with Crippen molar-refractivity contribution in [2.75, 3.05) is 24.7 Å². The normalized spacial score (nSPS) is 20.9. The van der Waals surface area contributed by atoms with Crippen LogP contribution in [-0.4, -0.2) is 47.5 Å². The lowest BCUT2D eigenvalue weighted by Gasteiger charge is -2.32. The van der Waals surface area contributed by atoms with Gasteiger partial charge >= 0.3 is 5.97 Å². The Hall–Kier alpha value is -2.93. The summed E-state index contributed by atoms with van der Waals surface area (Å²) in [6.45, 7) is 9.88. The Balaban J connectivity index is 1.60. The smallest absolute Gasteiger partial charge is 0.343 e. The third-order valence-electron chi connectivity index (χ3n) is 7.52. The minimum atomic E-state index is -0.463. The number of ether oxygens (including phenoxy) is 2. The molecule has 1 aliphatic carbocycles. The maximum Gasteiger partial charge on any atom is 0.343 e. The van der Waals surface area contributed by atoms with E-state index in [2.05, 4.69) is 19.1 Å². The van der Waals surface area contributed by atoms with Crippen LogP contribution < -0.4 is 4.90 Å². The molecule has 7 heteroatoms. The maximum atomic E-state index is 13.7. The number of benzene rings is 1. The number of rotatable bonds is 8. The molecule has 1 aromatic heterocycles. The van der Waals surface area contributed by atoms with Crippen molar-refractivity contribution in [1.82, 2.24) is 9.78 Å². The predicted molar refractivity (Wildman–Crippen MR) is 146 cm³/mol. The Morgan fingerprint density at radius 3 is 2.41 bits per heavy atom. The molecule has 2 aliphatic rings. The summed E-state index contributed by atoms with van der Waals surface area (Å²) in [5.41, 5.74) is 2.25. The van der Waals surface area contributed by atoms with Gasteiger partial charge in [0.2, 0.25) is 5.91 Å². The lowest BCUT2D eigenvalue weighted by atomic mass is 9.82. The van der Waals surface area contributed by atoms with E-state index < -0.39 is 5.97 Å². The van der Waals surface area contributed by atoms with Crippen LogP contribution in [0.2, 0.25) is 0 Å². The molecule has 1 saturated carbocycles. The van der Waals surface area contributed by atoms with E-state index in [-0.39, 0.29) is 24.5 Å². The zero-order valence-corrected chi connectivity index (χ0v) is 22.7. The minimum Gasteiger partial charge on any atom is -0.462 e. The zero-order valence-electron chi connectivity index (χ0n) is 22.7. The molecule has 0 atom stereocenters. The molecule has 1 saturated heterocycles. The summed E-state index contributed by atoms with van der Waals surface area (Å²) in [4.78, 5) is 28.3. The summed E-state index contributed by atoms with van der Waals surface area (Å²) in [7, 11) is 0. The van der Waals surface area contributed by atoms with Crippen molar-refractivity contribution in [3.63, 3.8) is 0 Å². The highest BCUT2D eigenvalue weighted by atomic mass is 16.5. The maximum absolute atomic E-state index is 13.7. The Bertz CT molecular complexity index is 1070. The molecule has 1 aliphatic heterocycles. The molecule has 2 heterocycles. The first-order chi connectivity index (χ1) is 17.9. The van der Waals surface area contributed by atoms with Gasteiger partial charge in [-0.05, 0) is 88.8 Å². The third-order valence-corrected chi connectivity index (χ3v) is 7.52. The first-order valence-corrected chi connectivity index (χ1v) is 13.8. The van der Waals surface area contributed by atoms with Crippen molar-refractivity contribution in [2.45, 2.75) is 72.3 Å². The second kappa shape index (κ2) is 12.5. The molecule has 0 bridgehead atoms. The van der Waals surface area contributed by atoms with Gasteiger partial charge in [0.1, 0.15) is 5.56 Å². The Labute approximate surface area is 220 Å². The number of anilines is 1. The van der Waals surface area contributed by atoms with Gasteiger partial charge in [0, 0.05) is 31.4 Å². The van der Waals surface area contributed by atoms with E-state index in [1.807, 2.05) is 38.1 Å². The number of carbonyl (C=O) groups is 2. The monoisotopic (exact) mass is 507 g/mol. The van der Waals surface area contributed by atoms with Crippen molar-refractivity contribution in [1.29, 1.82) is 0 Å². The number of esters is 1. The molecule has 37 heavy (non-hydrogen) atoms. The van der Waals surface area contributed by atoms with Gasteiger partial charge in [0.05, 0.1) is 12.3 Å². The lowest BCUT2D eigenvalue weighted by Crippen LogP contribution is -2.43. The number of hydrogen-bond acceptors (Lipinski definition) is 5. The van der Waals surface area contributed by atoms with Crippen LogP contribution >= 0.6 is 0 Å². The highest BCUT2D eigenvalue weighted by Crippen LogP contribution is 2.33. The molecule has 0 N–H and O–H groups in total. The van der Waals surface area contributed by atoms with Crippen LogP contribution in [0.15, 0.2) is 36.5 Å². The Morgan fingerprint density at radius 2 is 1.78 bits per heavy atom. The Morgan fingerprint density at radius 1 is 1.11 bits per heavy atom. The molecular formula is C30H41N3O4. The standard InChI is InChI=1S/C30H41N3O4/c1-5-37-30(35)27-20-32(26-14-10-23(11-15-26)8-9-24-16-18-36-19-17-24)31-28(27)33(21(2)3)29(34)25-12-6-22(4)7-13-25/h8-11,14-15,20-22,24-25H,5-7,12-13,16-19H2,1-4H3/b9-8+. The van der Waals surface area contributed by atoms with Gasteiger partial charge in [-0.1, -0.05) is 31.2 Å². The van der Waals surface area contributed by atoms with Crippen molar-refractivity contribution < 1.29 is 19.1 Å². The summed E-state index contributed by atoms with van der Waals surface area (Å²) in [6, 6.07) is 7.93. The molecule has 0 radical (unpaired) electrons. The van der Waals surface area contributed by atoms with E-state index in [0.29, 0.717) is 23.2 Å². The first kappa shape index (κ1) is 27.1. The summed E-state index contributed by atoms with van der Waals surface area (Å²) in [6.07, 6.45) is 12.1. The molecule has 2 aromatic rings. The van der Waals surface area contributed by atoms with E-state index in [1.165, 1.54) is 0 Å². The third kappa shape index (κ3) is 6.69. The molecule has 200 valence electrons. The highest BCUT2D eigenvalue weighted by Gasteiger charge is 2.34. The highest BCUT2D eigenvalue weighted by molar-refractivity contribution is 6.02. The number of nitrogens with zero attached hydrogens (tertiary/aromatic N) is 3. The SMILES string of the molecule is CCOC(=O)c1cn(-c2ccc(/C=C/C3CCOCC3)cc2)nc1N(C(=O)C1CCC(C)CC1)C(C)C. The van der Waals surface area contributed by atoms with Gasteiger partial charge in [0.15, 0.2) is 5.82 Å². The number of carbonyl (C=O) groups excluding carboxylic acids is 2. The van der Waals surface area contributed by atoms with Gasteiger partial charge in [-0.3, -0.25) is 9.69 Å². The number of aromatic nitrogens is 2. The van der Waals surface area contributed by atoms with E-state index in [0.717, 1.165) is 63.0 Å². The number of hydrogen-bond donors (Lipinski definition) is 0. The van der Waals surface area contributed by atoms with Crippen molar-refractivity contribution in [3.05, 3.63) is 47.7 Å². The van der Waals surface area contributed by atoms with Gasteiger partial charge in [-0.15, -0.1) is 5.10 Å². The van der Waals surface area contributed by atoms with Gasteiger partial charge in [0.25, 0.3) is 0 Å². The van der Waals surface area contributed by atoms with E-state index >= 15 is 0 Å².